The van der Waals surface area contributed by atoms with Crippen molar-refractivity contribution in [3.8, 4) is 11.5 Å². The number of nitrogens with zero attached hydrogens (tertiary/aromatic N) is 2. The number of thioether (sulfide) groups is 1. The van der Waals surface area contributed by atoms with Crippen molar-refractivity contribution in [2.24, 2.45) is 5.92 Å². The van der Waals surface area contributed by atoms with Crippen LogP contribution in [0.4, 0.5) is 0 Å². The molecule has 6 nitrogen and oxygen atoms in total. The lowest BCUT2D eigenvalue weighted by atomic mass is 10.1. The van der Waals surface area contributed by atoms with Crippen LogP contribution in [0.15, 0.2) is 52.4 Å². The maximum Gasteiger partial charge on any atom is 0.262 e. The Morgan fingerprint density at radius 2 is 1.90 bits per heavy atom. The summed E-state index contributed by atoms with van der Waals surface area (Å²) < 4.78 is 12.2. The summed E-state index contributed by atoms with van der Waals surface area (Å²) >= 11 is 1.27. The van der Waals surface area contributed by atoms with Gasteiger partial charge in [-0.05, 0) is 30.2 Å². The molecule has 2 aromatic carbocycles. The predicted molar refractivity (Wildman–Crippen MR) is 115 cm³/mol. The van der Waals surface area contributed by atoms with Crippen LogP contribution in [0.3, 0.4) is 0 Å². The van der Waals surface area contributed by atoms with E-state index in [1.54, 1.807) is 35.9 Å². The second kappa shape index (κ2) is 9.13. The second-order valence-electron chi connectivity index (χ2n) is 7.00. The fourth-order valence-electron chi connectivity index (χ4n) is 3.02. The number of carbonyl (C=O) groups is 1. The Morgan fingerprint density at radius 1 is 1.14 bits per heavy atom. The molecule has 1 heterocycles. The van der Waals surface area contributed by atoms with E-state index >= 15 is 0 Å². The molecule has 0 N–H and O–H groups in total. The molecule has 0 bridgehead atoms. The number of hydrogen-bond donors (Lipinski definition) is 0. The molecule has 1 aromatic heterocycles. The third-order valence-corrected chi connectivity index (χ3v) is 5.39. The summed E-state index contributed by atoms with van der Waals surface area (Å²) in [4.78, 5) is 30.4. The standard InChI is InChI=1S/C22H24N2O4S/c1-14(2)12-24-21(26)16-7-5-6-8-18(16)23-22(24)29-13-19(25)17-10-9-15(27-3)11-20(17)28-4/h5-11,14H,12-13H2,1-4H3. The molecule has 0 fully saturated rings. The van der Waals surface area contributed by atoms with Gasteiger partial charge in [0.05, 0.1) is 36.4 Å². The maximum atomic E-state index is 13.0. The van der Waals surface area contributed by atoms with Gasteiger partial charge in [-0.3, -0.25) is 14.2 Å². The molecule has 0 aliphatic heterocycles. The van der Waals surface area contributed by atoms with Gasteiger partial charge in [-0.15, -0.1) is 0 Å². The largest absolute Gasteiger partial charge is 0.497 e. The molecule has 0 spiro atoms. The highest BCUT2D eigenvalue weighted by Gasteiger charge is 2.17. The minimum Gasteiger partial charge on any atom is -0.497 e. The minimum atomic E-state index is -0.104. The molecule has 0 saturated carbocycles. The summed E-state index contributed by atoms with van der Waals surface area (Å²) in [5.74, 6) is 1.39. The predicted octanol–water partition coefficient (Wildman–Crippen LogP) is 4.04. The lowest BCUT2D eigenvalue weighted by molar-refractivity contribution is 0.101. The van der Waals surface area contributed by atoms with Crippen molar-refractivity contribution in [3.05, 3.63) is 58.4 Å². The van der Waals surface area contributed by atoms with Crippen LogP contribution in [0.1, 0.15) is 24.2 Å². The number of methoxy groups -OCH3 is 2. The van der Waals surface area contributed by atoms with Crippen molar-refractivity contribution in [2.75, 3.05) is 20.0 Å². The van der Waals surface area contributed by atoms with Crippen LogP contribution in [0.2, 0.25) is 0 Å². The van der Waals surface area contributed by atoms with E-state index in [1.807, 2.05) is 32.0 Å². The Labute approximate surface area is 173 Å². The number of carbonyl (C=O) groups excluding carboxylic acids is 1. The summed E-state index contributed by atoms with van der Waals surface area (Å²) in [5, 5.41) is 1.13. The molecule has 0 aliphatic rings. The first-order valence-electron chi connectivity index (χ1n) is 9.32. The number of para-hydroxylation sites is 1. The molecule has 0 aliphatic carbocycles. The molecule has 0 amide bonds. The number of ketones is 1. The highest BCUT2D eigenvalue weighted by molar-refractivity contribution is 7.99. The maximum absolute atomic E-state index is 13.0. The summed E-state index contributed by atoms with van der Waals surface area (Å²) in [5.41, 5.74) is 1.02. The van der Waals surface area contributed by atoms with Crippen LogP contribution in [0, 0.1) is 5.92 Å². The van der Waals surface area contributed by atoms with Crippen molar-refractivity contribution in [1.29, 1.82) is 0 Å². The van der Waals surface area contributed by atoms with Crippen LogP contribution in [-0.2, 0) is 6.54 Å². The Hall–Kier alpha value is -2.80. The monoisotopic (exact) mass is 412 g/mol. The van der Waals surface area contributed by atoms with E-state index < -0.39 is 0 Å². The van der Waals surface area contributed by atoms with E-state index in [1.165, 1.54) is 18.9 Å². The highest BCUT2D eigenvalue weighted by Crippen LogP contribution is 2.27. The zero-order chi connectivity index (χ0) is 21.0. The molecule has 7 heteroatoms. The minimum absolute atomic E-state index is 0.0822. The van der Waals surface area contributed by atoms with Gasteiger partial charge in [0.2, 0.25) is 0 Å². The average molecular weight is 413 g/mol. The molecule has 0 unspecified atom stereocenters. The molecule has 3 rings (SSSR count). The zero-order valence-electron chi connectivity index (χ0n) is 17.0. The van der Waals surface area contributed by atoms with Gasteiger partial charge in [0.15, 0.2) is 10.9 Å². The number of aromatic nitrogens is 2. The van der Waals surface area contributed by atoms with Gasteiger partial charge in [-0.2, -0.15) is 0 Å². The normalized spacial score (nSPS) is 11.1. The van der Waals surface area contributed by atoms with E-state index in [2.05, 4.69) is 4.98 Å². The Balaban J connectivity index is 1.92. The fourth-order valence-corrected chi connectivity index (χ4v) is 3.91. The number of ether oxygens (including phenoxy) is 2. The summed E-state index contributed by atoms with van der Waals surface area (Å²) in [6.07, 6.45) is 0. The topological polar surface area (TPSA) is 70.4 Å². The first kappa shape index (κ1) is 20.9. The number of Topliss-reactive ketones (excluding diaryl/α,β-unsaturated/α-hetero) is 1. The second-order valence-corrected chi connectivity index (χ2v) is 7.94. The summed E-state index contributed by atoms with van der Waals surface area (Å²) in [6.45, 7) is 4.63. The first-order chi connectivity index (χ1) is 13.9. The Morgan fingerprint density at radius 3 is 2.59 bits per heavy atom. The van der Waals surface area contributed by atoms with Gasteiger partial charge in [-0.25, -0.2) is 4.98 Å². The van der Waals surface area contributed by atoms with Crippen LogP contribution < -0.4 is 15.0 Å². The molecular formula is C22H24N2O4S. The zero-order valence-corrected chi connectivity index (χ0v) is 17.8. The van der Waals surface area contributed by atoms with E-state index in [-0.39, 0.29) is 23.0 Å². The lowest BCUT2D eigenvalue weighted by Gasteiger charge is -2.15. The van der Waals surface area contributed by atoms with Gasteiger partial charge in [0.1, 0.15) is 11.5 Å². The molecule has 0 atom stereocenters. The molecular weight excluding hydrogens is 388 g/mol. The molecule has 152 valence electrons. The summed E-state index contributed by atoms with van der Waals surface area (Å²) in [7, 11) is 3.08. The average Bonchev–Trinajstić information content (AvgIpc) is 2.73. The van der Waals surface area contributed by atoms with Crippen LogP contribution >= 0.6 is 11.8 Å². The van der Waals surface area contributed by atoms with Crippen molar-refractivity contribution in [2.45, 2.75) is 25.5 Å². The number of benzene rings is 2. The Kier molecular flexibility index (Phi) is 6.59. The van der Waals surface area contributed by atoms with Crippen molar-refractivity contribution >= 4 is 28.4 Å². The smallest absolute Gasteiger partial charge is 0.262 e. The van der Waals surface area contributed by atoms with Gasteiger partial charge in [0.25, 0.3) is 5.56 Å². The number of fused-ring (bicyclic) bond motifs is 1. The number of hydrogen-bond acceptors (Lipinski definition) is 6. The van der Waals surface area contributed by atoms with Crippen LogP contribution in [0.5, 0.6) is 11.5 Å². The van der Waals surface area contributed by atoms with E-state index in [9.17, 15) is 9.59 Å². The van der Waals surface area contributed by atoms with Crippen molar-refractivity contribution in [3.63, 3.8) is 0 Å². The molecule has 0 radical (unpaired) electrons. The number of rotatable bonds is 8. The SMILES string of the molecule is COc1ccc(C(=O)CSc2nc3ccccc3c(=O)n2CC(C)C)c(OC)c1. The third kappa shape index (κ3) is 4.62. The quantitative estimate of drug-likeness (QED) is 0.316. The lowest BCUT2D eigenvalue weighted by Crippen LogP contribution is -2.25. The first-order valence-corrected chi connectivity index (χ1v) is 10.3. The van der Waals surface area contributed by atoms with Gasteiger partial charge < -0.3 is 9.47 Å². The molecule has 0 saturated heterocycles. The highest BCUT2D eigenvalue weighted by atomic mass is 32.2. The van der Waals surface area contributed by atoms with Gasteiger partial charge in [-0.1, -0.05) is 37.7 Å². The van der Waals surface area contributed by atoms with Gasteiger partial charge in [0, 0.05) is 12.6 Å². The van der Waals surface area contributed by atoms with Crippen LogP contribution in [0.25, 0.3) is 10.9 Å². The van der Waals surface area contributed by atoms with Crippen molar-refractivity contribution < 1.29 is 14.3 Å². The molecule has 3 aromatic rings. The van der Waals surface area contributed by atoms with Crippen molar-refractivity contribution in [1.82, 2.24) is 9.55 Å². The fraction of sp³-hybridized carbons (Fsp3) is 0.318. The summed E-state index contributed by atoms with van der Waals surface area (Å²) in [6, 6.07) is 12.4. The third-order valence-electron chi connectivity index (χ3n) is 4.42. The van der Waals surface area contributed by atoms with E-state index in [4.69, 9.17) is 9.47 Å². The van der Waals surface area contributed by atoms with Gasteiger partial charge >= 0.3 is 0 Å². The van der Waals surface area contributed by atoms with E-state index in [0.717, 1.165) is 0 Å². The molecule has 29 heavy (non-hydrogen) atoms. The van der Waals surface area contributed by atoms with E-state index in [0.29, 0.717) is 39.7 Å². The Bertz CT molecular complexity index is 1090. The van der Waals surface area contributed by atoms with Crippen LogP contribution in [-0.4, -0.2) is 35.3 Å².